The van der Waals surface area contributed by atoms with Crippen molar-refractivity contribution in [1.29, 1.82) is 0 Å². The Bertz CT molecular complexity index is 467. The summed E-state index contributed by atoms with van der Waals surface area (Å²) in [6.07, 6.45) is 2.40. The fourth-order valence-electron chi connectivity index (χ4n) is 3.05. The lowest BCUT2D eigenvalue weighted by molar-refractivity contribution is -0.0455. The number of nitrogens with one attached hydrogen (secondary N) is 1. The van der Waals surface area contributed by atoms with E-state index >= 15 is 0 Å². The Morgan fingerprint density at radius 2 is 2.16 bits per heavy atom. The van der Waals surface area contributed by atoms with Gasteiger partial charge in [-0.25, -0.2) is 4.79 Å². The van der Waals surface area contributed by atoms with Crippen LogP contribution < -0.4 is 5.32 Å². The van der Waals surface area contributed by atoms with Crippen LogP contribution in [0.1, 0.15) is 23.2 Å². The summed E-state index contributed by atoms with van der Waals surface area (Å²) in [5.41, 5.74) is 1.56. The second kappa shape index (κ2) is 5.21. The average Bonchev–Trinajstić information content (AvgIpc) is 2.48. The maximum atomic E-state index is 12.2. The number of rotatable bonds is 3. The number of carbonyl (C=O) groups excluding carboxylic acids is 1. The SMILES string of the molecule is CNc1cccc(C(=O)OC2CN3CCC2CC3)c1. The Labute approximate surface area is 113 Å². The van der Waals surface area contributed by atoms with E-state index in [0.717, 1.165) is 38.2 Å². The van der Waals surface area contributed by atoms with Crippen molar-refractivity contribution >= 4 is 11.7 Å². The van der Waals surface area contributed by atoms with E-state index in [-0.39, 0.29) is 12.1 Å². The van der Waals surface area contributed by atoms with Gasteiger partial charge in [-0.05, 0) is 50.0 Å². The number of piperidine rings is 3. The zero-order chi connectivity index (χ0) is 13.2. The average molecular weight is 260 g/mol. The smallest absolute Gasteiger partial charge is 0.338 e. The van der Waals surface area contributed by atoms with Crippen LogP contribution >= 0.6 is 0 Å². The molecule has 4 rings (SSSR count). The Hall–Kier alpha value is -1.55. The van der Waals surface area contributed by atoms with Crippen LogP contribution in [0.25, 0.3) is 0 Å². The van der Waals surface area contributed by atoms with E-state index < -0.39 is 0 Å². The molecule has 2 bridgehead atoms. The van der Waals surface area contributed by atoms with E-state index in [1.165, 1.54) is 0 Å². The lowest BCUT2D eigenvalue weighted by Gasteiger charge is -2.43. The molecule has 0 aliphatic carbocycles. The van der Waals surface area contributed by atoms with Gasteiger partial charge < -0.3 is 10.1 Å². The molecular weight excluding hydrogens is 240 g/mol. The number of fused-ring (bicyclic) bond motifs is 3. The number of hydrogen-bond donors (Lipinski definition) is 1. The summed E-state index contributed by atoms with van der Waals surface area (Å²) in [6, 6.07) is 7.46. The molecule has 0 saturated carbocycles. The zero-order valence-electron chi connectivity index (χ0n) is 11.3. The van der Waals surface area contributed by atoms with Crippen molar-refractivity contribution in [3.05, 3.63) is 29.8 Å². The first-order valence-electron chi connectivity index (χ1n) is 6.97. The summed E-state index contributed by atoms with van der Waals surface area (Å²) in [5, 5.41) is 3.04. The Morgan fingerprint density at radius 3 is 2.79 bits per heavy atom. The van der Waals surface area contributed by atoms with Gasteiger partial charge in [-0.15, -0.1) is 0 Å². The van der Waals surface area contributed by atoms with Gasteiger partial charge in [0.25, 0.3) is 0 Å². The fraction of sp³-hybridized carbons (Fsp3) is 0.533. The molecule has 1 atom stereocenters. The number of anilines is 1. The van der Waals surface area contributed by atoms with Crippen LogP contribution in [-0.4, -0.2) is 43.7 Å². The zero-order valence-corrected chi connectivity index (χ0v) is 11.3. The first-order chi connectivity index (χ1) is 9.26. The predicted octanol–water partition coefficient (Wildman–Crippen LogP) is 1.98. The topological polar surface area (TPSA) is 41.6 Å². The standard InChI is InChI=1S/C15H20N2O2/c1-16-13-4-2-3-12(9-13)15(18)19-14-10-17-7-5-11(14)6-8-17/h2-4,9,11,14,16H,5-8,10H2,1H3. The van der Waals surface area contributed by atoms with Crippen LogP contribution in [0.4, 0.5) is 5.69 Å². The van der Waals surface area contributed by atoms with Crippen LogP contribution in [0, 0.1) is 5.92 Å². The first-order valence-corrected chi connectivity index (χ1v) is 6.97. The molecule has 3 saturated heterocycles. The molecule has 3 aliphatic rings. The number of nitrogens with zero attached hydrogens (tertiary/aromatic N) is 1. The minimum absolute atomic E-state index is 0.0771. The van der Waals surface area contributed by atoms with E-state index in [1.807, 2.05) is 31.3 Å². The lowest BCUT2D eigenvalue weighted by atomic mass is 9.86. The molecule has 3 aliphatic heterocycles. The second-order valence-corrected chi connectivity index (χ2v) is 5.41. The third-order valence-corrected chi connectivity index (χ3v) is 4.24. The molecule has 0 aromatic heterocycles. The molecular formula is C15H20N2O2. The van der Waals surface area contributed by atoms with E-state index in [1.54, 1.807) is 0 Å². The van der Waals surface area contributed by atoms with Crippen LogP contribution in [0.15, 0.2) is 24.3 Å². The second-order valence-electron chi connectivity index (χ2n) is 5.41. The van der Waals surface area contributed by atoms with Gasteiger partial charge in [0.1, 0.15) is 6.10 Å². The van der Waals surface area contributed by atoms with Crippen molar-refractivity contribution in [2.45, 2.75) is 18.9 Å². The van der Waals surface area contributed by atoms with E-state index in [0.29, 0.717) is 11.5 Å². The molecule has 1 unspecified atom stereocenters. The highest BCUT2D eigenvalue weighted by Crippen LogP contribution is 2.30. The summed E-state index contributed by atoms with van der Waals surface area (Å²) in [5.74, 6) is 0.359. The molecule has 4 heteroatoms. The van der Waals surface area contributed by atoms with Crippen molar-refractivity contribution in [3.63, 3.8) is 0 Å². The Balaban J connectivity index is 1.67. The van der Waals surface area contributed by atoms with Gasteiger partial charge in [-0.2, -0.15) is 0 Å². The Kier molecular flexibility index (Phi) is 3.42. The molecule has 3 fully saturated rings. The van der Waals surface area contributed by atoms with Gasteiger partial charge >= 0.3 is 5.97 Å². The highest BCUT2D eigenvalue weighted by Gasteiger charge is 2.36. The van der Waals surface area contributed by atoms with Gasteiger partial charge in [0, 0.05) is 19.3 Å². The summed E-state index contributed by atoms with van der Waals surface area (Å²) in [6.45, 7) is 3.23. The van der Waals surface area contributed by atoms with Crippen LogP contribution in [0.2, 0.25) is 0 Å². The minimum Gasteiger partial charge on any atom is -0.457 e. The highest BCUT2D eigenvalue weighted by molar-refractivity contribution is 5.90. The maximum absolute atomic E-state index is 12.2. The molecule has 102 valence electrons. The van der Waals surface area contributed by atoms with Crippen molar-refractivity contribution in [2.24, 2.45) is 5.92 Å². The highest BCUT2D eigenvalue weighted by atomic mass is 16.5. The van der Waals surface area contributed by atoms with Crippen LogP contribution in [-0.2, 0) is 4.74 Å². The molecule has 0 spiro atoms. The fourth-order valence-corrected chi connectivity index (χ4v) is 3.05. The number of benzene rings is 1. The van der Waals surface area contributed by atoms with Crippen molar-refractivity contribution in [2.75, 3.05) is 32.0 Å². The molecule has 1 aromatic carbocycles. The number of hydrogen-bond acceptors (Lipinski definition) is 4. The van der Waals surface area contributed by atoms with Gasteiger partial charge in [0.15, 0.2) is 0 Å². The first kappa shape index (κ1) is 12.5. The van der Waals surface area contributed by atoms with E-state index in [9.17, 15) is 4.79 Å². The molecule has 19 heavy (non-hydrogen) atoms. The quantitative estimate of drug-likeness (QED) is 0.844. The largest absolute Gasteiger partial charge is 0.457 e. The summed E-state index contributed by atoms with van der Waals surface area (Å²) in [4.78, 5) is 14.6. The van der Waals surface area contributed by atoms with Gasteiger partial charge in [0.05, 0.1) is 5.56 Å². The number of carbonyl (C=O) groups is 1. The van der Waals surface area contributed by atoms with E-state index in [2.05, 4.69) is 10.2 Å². The van der Waals surface area contributed by atoms with Gasteiger partial charge in [0.2, 0.25) is 0 Å². The van der Waals surface area contributed by atoms with Gasteiger partial charge in [-0.3, -0.25) is 4.90 Å². The molecule has 1 N–H and O–H groups in total. The molecule has 0 radical (unpaired) electrons. The summed E-state index contributed by atoms with van der Waals surface area (Å²) in [7, 11) is 1.85. The monoisotopic (exact) mass is 260 g/mol. The van der Waals surface area contributed by atoms with Gasteiger partial charge in [-0.1, -0.05) is 6.07 Å². The molecule has 0 amide bonds. The third-order valence-electron chi connectivity index (χ3n) is 4.24. The third kappa shape index (κ3) is 2.59. The number of esters is 1. The summed E-state index contributed by atoms with van der Waals surface area (Å²) >= 11 is 0. The van der Waals surface area contributed by atoms with Crippen LogP contribution in [0.3, 0.4) is 0 Å². The molecule has 1 aromatic rings. The Morgan fingerprint density at radius 1 is 1.37 bits per heavy atom. The van der Waals surface area contributed by atoms with Crippen LogP contribution in [0.5, 0.6) is 0 Å². The van der Waals surface area contributed by atoms with Crippen molar-refractivity contribution in [1.82, 2.24) is 4.90 Å². The summed E-state index contributed by atoms with van der Waals surface area (Å²) < 4.78 is 5.70. The number of ether oxygens (including phenoxy) is 1. The minimum atomic E-state index is -0.198. The molecule has 4 nitrogen and oxygen atoms in total. The maximum Gasteiger partial charge on any atom is 0.338 e. The van der Waals surface area contributed by atoms with Crippen molar-refractivity contribution in [3.8, 4) is 0 Å². The predicted molar refractivity (Wildman–Crippen MR) is 74.4 cm³/mol. The normalized spacial score (nSPS) is 29.0. The molecule has 3 heterocycles. The van der Waals surface area contributed by atoms with Crippen molar-refractivity contribution < 1.29 is 9.53 Å². The van der Waals surface area contributed by atoms with E-state index in [4.69, 9.17) is 4.74 Å². The lowest BCUT2D eigenvalue weighted by Crippen LogP contribution is -2.51.